The van der Waals surface area contributed by atoms with Crippen LogP contribution in [0.5, 0.6) is 11.5 Å². The van der Waals surface area contributed by atoms with Crippen molar-refractivity contribution in [3.05, 3.63) is 52.5 Å². The van der Waals surface area contributed by atoms with Crippen LogP contribution in [0.15, 0.2) is 51.8 Å². The highest BCUT2D eigenvalue weighted by Gasteiger charge is 2.12. The highest BCUT2D eigenvalue weighted by Crippen LogP contribution is 2.32. The number of rotatable bonds is 6. The van der Waals surface area contributed by atoms with Gasteiger partial charge in [-0.25, -0.2) is 0 Å². The number of methoxy groups -OCH3 is 2. The molecule has 3 nitrogen and oxygen atoms in total. The summed E-state index contributed by atoms with van der Waals surface area (Å²) in [7, 11) is 3.18. The van der Waals surface area contributed by atoms with Crippen LogP contribution in [0.1, 0.15) is 11.7 Å². The first kappa shape index (κ1) is 16.2. The van der Waals surface area contributed by atoms with E-state index in [1.807, 2.05) is 36.4 Å². The topological polar surface area (TPSA) is 38.7 Å². The van der Waals surface area contributed by atoms with E-state index in [0.717, 1.165) is 14.9 Å². The van der Waals surface area contributed by atoms with E-state index < -0.39 is 6.10 Å². The second-order valence-electron chi connectivity index (χ2n) is 4.40. The third-order valence-corrected chi connectivity index (χ3v) is 4.56. The van der Waals surface area contributed by atoms with Crippen LogP contribution in [0.3, 0.4) is 0 Å². The normalized spacial score (nSPS) is 12.0. The number of halogens is 1. The van der Waals surface area contributed by atoms with E-state index in [-0.39, 0.29) is 0 Å². The number of hydrogen-bond acceptors (Lipinski definition) is 4. The molecule has 0 aliphatic carbocycles. The van der Waals surface area contributed by atoms with Gasteiger partial charge in [0.1, 0.15) is 0 Å². The third kappa shape index (κ3) is 4.40. The fraction of sp³-hybridized carbons (Fsp3) is 0.250. The molecule has 0 aromatic heterocycles. The van der Waals surface area contributed by atoms with Gasteiger partial charge in [-0.3, -0.25) is 0 Å². The van der Waals surface area contributed by atoms with Crippen LogP contribution in [-0.4, -0.2) is 25.1 Å². The zero-order valence-electron chi connectivity index (χ0n) is 11.9. The lowest BCUT2D eigenvalue weighted by molar-refractivity contribution is 0.203. The van der Waals surface area contributed by atoms with Crippen LogP contribution >= 0.6 is 27.7 Å². The van der Waals surface area contributed by atoms with Gasteiger partial charge in [-0.2, -0.15) is 0 Å². The molecule has 112 valence electrons. The van der Waals surface area contributed by atoms with Gasteiger partial charge in [0, 0.05) is 15.1 Å². The number of thioether (sulfide) groups is 1. The zero-order chi connectivity index (χ0) is 15.2. The van der Waals surface area contributed by atoms with Crippen LogP contribution < -0.4 is 9.47 Å². The van der Waals surface area contributed by atoms with Crippen molar-refractivity contribution in [2.45, 2.75) is 11.0 Å². The van der Waals surface area contributed by atoms with Crippen molar-refractivity contribution in [1.29, 1.82) is 0 Å². The minimum Gasteiger partial charge on any atom is -0.493 e. The van der Waals surface area contributed by atoms with Crippen LogP contribution in [0.4, 0.5) is 0 Å². The molecule has 2 aromatic carbocycles. The second-order valence-corrected chi connectivity index (χ2v) is 6.41. The molecule has 0 heterocycles. The summed E-state index contributed by atoms with van der Waals surface area (Å²) in [6, 6.07) is 13.5. The average molecular weight is 369 g/mol. The Hall–Kier alpha value is -1.17. The summed E-state index contributed by atoms with van der Waals surface area (Å²) in [6.07, 6.45) is -0.561. The Morgan fingerprint density at radius 1 is 1.10 bits per heavy atom. The highest BCUT2D eigenvalue weighted by molar-refractivity contribution is 9.10. The Morgan fingerprint density at radius 2 is 1.86 bits per heavy atom. The maximum Gasteiger partial charge on any atom is 0.161 e. The van der Waals surface area contributed by atoms with E-state index >= 15 is 0 Å². The van der Waals surface area contributed by atoms with Gasteiger partial charge >= 0.3 is 0 Å². The first-order valence-electron chi connectivity index (χ1n) is 6.42. The predicted octanol–water partition coefficient (Wildman–Crippen LogP) is 4.29. The zero-order valence-corrected chi connectivity index (χ0v) is 14.3. The molecule has 2 aromatic rings. The molecule has 0 saturated carbocycles. The number of hydrogen-bond donors (Lipinski definition) is 1. The number of aliphatic hydroxyl groups is 1. The van der Waals surface area contributed by atoms with Crippen LogP contribution in [-0.2, 0) is 0 Å². The van der Waals surface area contributed by atoms with E-state index in [1.165, 1.54) is 0 Å². The quantitative estimate of drug-likeness (QED) is 0.771. The maximum atomic E-state index is 10.3. The fourth-order valence-corrected chi connectivity index (χ4v) is 3.37. The van der Waals surface area contributed by atoms with E-state index in [4.69, 9.17) is 9.47 Å². The van der Waals surface area contributed by atoms with Crippen molar-refractivity contribution in [3.63, 3.8) is 0 Å². The summed E-state index contributed by atoms with van der Waals surface area (Å²) in [5.74, 6) is 1.86. The van der Waals surface area contributed by atoms with Gasteiger partial charge in [0.25, 0.3) is 0 Å². The SMILES string of the molecule is COc1ccc(C(O)CSc2cccc(Br)c2)cc1OC. The molecule has 0 aliphatic rings. The van der Waals surface area contributed by atoms with Crippen molar-refractivity contribution >= 4 is 27.7 Å². The van der Waals surface area contributed by atoms with Gasteiger partial charge in [0.05, 0.1) is 20.3 Å². The van der Waals surface area contributed by atoms with Gasteiger partial charge in [0.15, 0.2) is 11.5 Å². The molecule has 0 spiro atoms. The van der Waals surface area contributed by atoms with E-state index in [1.54, 1.807) is 32.0 Å². The van der Waals surface area contributed by atoms with Gasteiger partial charge < -0.3 is 14.6 Å². The maximum absolute atomic E-state index is 10.3. The van der Waals surface area contributed by atoms with Crippen LogP contribution in [0, 0.1) is 0 Å². The van der Waals surface area contributed by atoms with Gasteiger partial charge in [-0.15, -0.1) is 11.8 Å². The van der Waals surface area contributed by atoms with E-state index in [0.29, 0.717) is 17.3 Å². The molecule has 2 rings (SSSR count). The molecule has 5 heteroatoms. The van der Waals surface area contributed by atoms with Gasteiger partial charge in [0.2, 0.25) is 0 Å². The Kier molecular flexibility index (Phi) is 5.96. The Labute approximate surface area is 137 Å². The molecule has 1 atom stereocenters. The molecule has 0 saturated heterocycles. The highest BCUT2D eigenvalue weighted by atomic mass is 79.9. The largest absolute Gasteiger partial charge is 0.493 e. The lowest BCUT2D eigenvalue weighted by Crippen LogP contribution is -2.01. The molecule has 1 unspecified atom stereocenters. The Morgan fingerprint density at radius 3 is 2.52 bits per heavy atom. The summed E-state index contributed by atoms with van der Waals surface area (Å²) < 4.78 is 11.5. The fourth-order valence-electron chi connectivity index (χ4n) is 1.89. The summed E-state index contributed by atoms with van der Waals surface area (Å²) in [5, 5.41) is 10.3. The van der Waals surface area contributed by atoms with E-state index in [9.17, 15) is 5.11 Å². The van der Waals surface area contributed by atoms with Crippen molar-refractivity contribution in [2.75, 3.05) is 20.0 Å². The first-order chi connectivity index (χ1) is 10.1. The van der Waals surface area contributed by atoms with Crippen LogP contribution in [0.2, 0.25) is 0 Å². The summed E-state index contributed by atoms with van der Waals surface area (Å²) in [6.45, 7) is 0. The smallest absolute Gasteiger partial charge is 0.161 e. The van der Waals surface area contributed by atoms with Crippen molar-refractivity contribution < 1.29 is 14.6 Å². The summed E-state index contributed by atoms with van der Waals surface area (Å²) >= 11 is 5.05. The van der Waals surface area contributed by atoms with Crippen molar-refractivity contribution in [2.24, 2.45) is 0 Å². The standard InChI is InChI=1S/C16H17BrO3S/c1-19-15-7-6-11(8-16(15)20-2)14(18)10-21-13-5-3-4-12(17)9-13/h3-9,14,18H,10H2,1-2H3. The lowest BCUT2D eigenvalue weighted by atomic mass is 10.1. The molecule has 0 bridgehead atoms. The molecule has 21 heavy (non-hydrogen) atoms. The molecule has 0 aliphatic heterocycles. The van der Waals surface area contributed by atoms with Gasteiger partial charge in [-0.05, 0) is 35.9 Å². The number of ether oxygens (including phenoxy) is 2. The summed E-state index contributed by atoms with van der Waals surface area (Å²) in [4.78, 5) is 1.11. The number of benzene rings is 2. The molecular weight excluding hydrogens is 352 g/mol. The Balaban J connectivity index is 2.04. The minimum atomic E-state index is -0.561. The molecule has 1 N–H and O–H groups in total. The average Bonchev–Trinajstić information content (AvgIpc) is 2.52. The predicted molar refractivity (Wildman–Crippen MR) is 89.4 cm³/mol. The van der Waals surface area contributed by atoms with Crippen molar-refractivity contribution in [3.8, 4) is 11.5 Å². The molecule has 0 fully saturated rings. The third-order valence-electron chi connectivity index (χ3n) is 3.00. The van der Waals surface area contributed by atoms with E-state index in [2.05, 4.69) is 15.9 Å². The number of aliphatic hydroxyl groups excluding tert-OH is 1. The Bertz CT molecular complexity index is 604. The minimum absolute atomic E-state index is 0.561. The van der Waals surface area contributed by atoms with Crippen molar-refractivity contribution in [1.82, 2.24) is 0 Å². The monoisotopic (exact) mass is 368 g/mol. The molecule has 0 amide bonds. The van der Waals surface area contributed by atoms with Gasteiger partial charge in [-0.1, -0.05) is 28.1 Å². The lowest BCUT2D eigenvalue weighted by Gasteiger charge is -2.14. The first-order valence-corrected chi connectivity index (χ1v) is 8.20. The second kappa shape index (κ2) is 7.73. The molecule has 0 radical (unpaired) electrons. The summed E-state index contributed by atoms with van der Waals surface area (Å²) in [5.41, 5.74) is 0.815. The van der Waals surface area contributed by atoms with Crippen LogP contribution in [0.25, 0.3) is 0 Å². The molecular formula is C16H17BrO3S.